The highest BCUT2D eigenvalue weighted by atomic mass is 35.5. The summed E-state index contributed by atoms with van der Waals surface area (Å²) < 4.78 is 6.77. The van der Waals surface area contributed by atoms with Gasteiger partial charge in [-0.1, -0.05) is 22.5 Å². The van der Waals surface area contributed by atoms with Gasteiger partial charge in [-0.15, -0.1) is 5.10 Å². The minimum absolute atomic E-state index is 0.495. The summed E-state index contributed by atoms with van der Waals surface area (Å²) >= 11 is 7.41. The average Bonchev–Trinajstić information content (AvgIpc) is 2.99. The summed E-state index contributed by atoms with van der Waals surface area (Å²) in [6.45, 7) is 6.99. The largest absolute Gasteiger partial charge is 0.293 e. The van der Waals surface area contributed by atoms with E-state index in [1.165, 1.54) is 36.5 Å². The molecule has 21 heavy (non-hydrogen) atoms. The van der Waals surface area contributed by atoms with E-state index >= 15 is 0 Å². The lowest BCUT2D eigenvalue weighted by Crippen LogP contribution is -2.42. The Kier molecular flexibility index (Phi) is 4.57. The van der Waals surface area contributed by atoms with Crippen molar-refractivity contribution in [3.05, 3.63) is 27.5 Å². The third kappa shape index (κ3) is 3.44. The number of aryl methyl sites for hydroxylation is 2. The molecule has 0 spiro atoms. The average molecular weight is 326 g/mol. The summed E-state index contributed by atoms with van der Waals surface area (Å²) in [5.41, 5.74) is 3.22. The normalized spacial score (nSPS) is 20.0. The minimum atomic E-state index is 0.495. The Morgan fingerprint density at radius 2 is 2.24 bits per heavy atom. The molecule has 2 aromatic heterocycles. The maximum atomic E-state index is 6.14. The van der Waals surface area contributed by atoms with E-state index in [-0.39, 0.29) is 0 Å². The highest BCUT2D eigenvalue weighted by Crippen LogP contribution is 2.24. The zero-order chi connectivity index (χ0) is 14.8. The lowest BCUT2D eigenvalue weighted by atomic mass is 10.0. The van der Waals surface area contributed by atoms with Gasteiger partial charge < -0.3 is 0 Å². The van der Waals surface area contributed by atoms with Crippen LogP contribution < -0.4 is 0 Å². The molecule has 1 saturated heterocycles. The Hall–Kier alpha value is -0.980. The number of likely N-dealkylation sites (tertiary alicyclic amines) is 1. The van der Waals surface area contributed by atoms with Gasteiger partial charge in [0.05, 0.1) is 12.2 Å². The molecular formula is C14H20ClN5S. The van der Waals surface area contributed by atoms with Crippen molar-refractivity contribution in [2.24, 2.45) is 0 Å². The van der Waals surface area contributed by atoms with E-state index in [1.54, 1.807) is 0 Å². The Balaban J connectivity index is 1.72. The predicted molar refractivity (Wildman–Crippen MR) is 84.7 cm³/mol. The van der Waals surface area contributed by atoms with E-state index in [9.17, 15) is 0 Å². The first-order valence-electron chi connectivity index (χ1n) is 7.35. The molecule has 0 aromatic carbocycles. The van der Waals surface area contributed by atoms with Crippen molar-refractivity contribution in [2.75, 3.05) is 6.54 Å². The fourth-order valence-corrected chi connectivity index (χ4v) is 3.63. The zero-order valence-corrected chi connectivity index (χ0v) is 14.0. The Morgan fingerprint density at radius 3 is 2.90 bits per heavy atom. The van der Waals surface area contributed by atoms with Crippen LogP contribution in [0, 0.1) is 13.8 Å². The van der Waals surface area contributed by atoms with Crippen LogP contribution in [-0.4, -0.2) is 36.9 Å². The summed E-state index contributed by atoms with van der Waals surface area (Å²) in [4.78, 5) is 2.47. The second-order valence-electron chi connectivity index (χ2n) is 5.72. The number of hydrogen-bond donors (Lipinski definition) is 0. The van der Waals surface area contributed by atoms with E-state index in [2.05, 4.69) is 37.3 Å². The van der Waals surface area contributed by atoms with E-state index in [0.29, 0.717) is 10.4 Å². The molecule has 7 heteroatoms. The van der Waals surface area contributed by atoms with E-state index < -0.39 is 0 Å². The molecular weight excluding hydrogens is 306 g/mol. The number of nitrogens with zero attached hydrogens (tertiary/aromatic N) is 5. The molecule has 1 aliphatic rings. The topological polar surface area (TPSA) is 46.8 Å². The van der Waals surface area contributed by atoms with Gasteiger partial charge in [0.1, 0.15) is 10.0 Å². The molecule has 114 valence electrons. The molecule has 0 N–H and O–H groups in total. The molecule has 0 radical (unpaired) electrons. The Bertz CT molecular complexity index is 608. The van der Waals surface area contributed by atoms with Crippen LogP contribution in [0.3, 0.4) is 0 Å². The van der Waals surface area contributed by atoms with Crippen LogP contribution in [0.25, 0.3) is 0 Å². The first-order valence-corrected chi connectivity index (χ1v) is 8.50. The van der Waals surface area contributed by atoms with Gasteiger partial charge in [-0.25, -0.2) is 0 Å². The van der Waals surface area contributed by atoms with Crippen LogP contribution in [0.4, 0.5) is 0 Å². The van der Waals surface area contributed by atoms with Gasteiger partial charge in [0.2, 0.25) is 0 Å². The third-order valence-electron chi connectivity index (χ3n) is 4.10. The van der Waals surface area contributed by atoms with Gasteiger partial charge in [-0.3, -0.25) is 9.58 Å². The number of piperidine rings is 1. The molecule has 1 aliphatic heterocycles. The zero-order valence-electron chi connectivity index (χ0n) is 12.4. The van der Waals surface area contributed by atoms with E-state index in [1.807, 2.05) is 6.92 Å². The van der Waals surface area contributed by atoms with Gasteiger partial charge in [-0.05, 0) is 39.3 Å². The monoisotopic (exact) mass is 325 g/mol. The Morgan fingerprint density at radius 1 is 1.38 bits per heavy atom. The van der Waals surface area contributed by atoms with E-state index in [4.69, 9.17) is 11.6 Å². The molecule has 0 saturated carbocycles. The molecule has 5 nitrogen and oxygen atoms in total. The lowest BCUT2D eigenvalue weighted by molar-refractivity contribution is 0.120. The molecule has 0 amide bonds. The fraction of sp³-hybridized carbons (Fsp3) is 0.643. The smallest absolute Gasteiger partial charge is 0.138 e. The van der Waals surface area contributed by atoms with Crippen LogP contribution in [0.5, 0.6) is 0 Å². The lowest BCUT2D eigenvalue weighted by Gasteiger charge is -2.35. The summed E-state index contributed by atoms with van der Waals surface area (Å²) in [5, 5.41) is 8.74. The summed E-state index contributed by atoms with van der Waals surface area (Å²) in [5.74, 6) is 0. The quantitative estimate of drug-likeness (QED) is 0.866. The standard InChI is InChI=1S/C14H20ClN5S/c1-10-7-11(2)20(17-10)8-12-5-3-4-6-19(12)9-13-14(15)21-18-16-13/h7,12H,3-6,8-9H2,1-2H3/t12-/m1/s1. The van der Waals surface area contributed by atoms with Crippen molar-refractivity contribution in [1.29, 1.82) is 0 Å². The third-order valence-corrected chi connectivity index (χ3v) is 5.08. The number of halogens is 1. The van der Waals surface area contributed by atoms with E-state index in [0.717, 1.165) is 31.0 Å². The highest BCUT2D eigenvalue weighted by Gasteiger charge is 2.25. The maximum absolute atomic E-state index is 6.14. The van der Waals surface area contributed by atoms with Crippen LogP contribution in [0.2, 0.25) is 4.34 Å². The van der Waals surface area contributed by atoms with Gasteiger partial charge in [0, 0.05) is 29.8 Å². The van der Waals surface area contributed by atoms with Crippen LogP contribution in [-0.2, 0) is 13.1 Å². The number of hydrogen-bond acceptors (Lipinski definition) is 5. The molecule has 3 rings (SSSR count). The van der Waals surface area contributed by atoms with Crippen LogP contribution in [0.15, 0.2) is 6.07 Å². The predicted octanol–water partition coefficient (Wildman–Crippen LogP) is 3.06. The van der Waals surface area contributed by atoms with Crippen molar-refractivity contribution in [2.45, 2.75) is 52.2 Å². The molecule has 0 bridgehead atoms. The summed E-state index contributed by atoms with van der Waals surface area (Å²) in [6, 6.07) is 2.63. The second-order valence-corrected chi connectivity index (χ2v) is 7.08. The van der Waals surface area contributed by atoms with Gasteiger partial charge in [0.25, 0.3) is 0 Å². The maximum Gasteiger partial charge on any atom is 0.138 e. The molecule has 2 aromatic rings. The van der Waals surface area contributed by atoms with Crippen LogP contribution >= 0.6 is 23.1 Å². The van der Waals surface area contributed by atoms with Gasteiger partial charge in [-0.2, -0.15) is 5.10 Å². The molecule has 3 heterocycles. The van der Waals surface area contributed by atoms with Crippen molar-refractivity contribution < 1.29 is 0 Å². The van der Waals surface area contributed by atoms with Crippen molar-refractivity contribution in [3.63, 3.8) is 0 Å². The first kappa shape index (κ1) is 14.9. The fourth-order valence-electron chi connectivity index (χ4n) is 3.02. The van der Waals surface area contributed by atoms with Crippen molar-refractivity contribution >= 4 is 23.1 Å². The minimum Gasteiger partial charge on any atom is -0.293 e. The Labute approximate surface area is 134 Å². The molecule has 0 unspecified atom stereocenters. The molecule has 1 atom stereocenters. The summed E-state index contributed by atoms with van der Waals surface area (Å²) in [7, 11) is 0. The molecule has 0 aliphatic carbocycles. The SMILES string of the molecule is Cc1cc(C)n(C[C@H]2CCCCN2Cc2nnsc2Cl)n1. The van der Waals surface area contributed by atoms with Crippen LogP contribution in [0.1, 0.15) is 36.3 Å². The van der Waals surface area contributed by atoms with Gasteiger partial charge >= 0.3 is 0 Å². The molecule has 1 fully saturated rings. The van der Waals surface area contributed by atoms with Gasteiger partial charge in [0.15, 0.2) is 0 Å². The van der Waals surface area contributed by atoms with Crippen molar-refractivity contribution in [3.8, 4) is 0 Å². The second kappa shape index (κ2) is 6.42. The highest BCUT2D eigenvalue weighted by molar-refractivity contribution is 7.10. The van der Waals surface area contributed by atoms with Crippen molar-refractivity contribution in [1.82, 2.24) is 24.3 Å². The number of rotatable bonds is 4. The summed E-state index contributed by atoms with van der Waals surface area (Å²) in [6.07, 6.45) is 3.72. The first-order chi connectivity index (χ1) is 10.1. The number of aromatic nitrogens is 4.